The van der Waals surface area contributed by atoms with Gasteiger partial charge in [0.15, 0.2) is 0 Å². The first-order valence-corrected chi connectivity index (χ1v) is 6.25. The molecule has 0 aliphatic carbocycles. The van der Waals surface area contributed by atoms with E-state index < -0.39 is 0 Å². The fraction of sp³-hybridized carbons (Fsp3) is 0.214. The van der Waals surface area contributed by atoms with Crippen LogP contribution in [0.25, 0.3) is 21.0 Å². The van der Waals surface area contributed by atoms with Crippen molar-refractivity contribution in [2.45, 2.75) is 20.8 Å². The largest absolute Gasteiger partial charge is 0.241 e. The predicted octanol–water partition coefficient (Wildman–Crippen LogP) is 4.37. The lowest BCUT2D eigenvalue weighted by atomic mass is 10.00. The van der Waals surface area contributed by atoms with Crippen LogP contribution in [-0.4, -0.2) is 4.98 Å². The predicted molar refractivity (Wildman–Crippen MR) is 71.3 cm³/mol. The summed E-state index contributed by atoms with van der Waals surface area (Å²) >= 11 is 1.80. The van der Waals surface area contributed by atoms with Crippen LogP contribution in [0.2, 0.25) is 0 Å². The number of hydrogen-bond acceptors (Lipinski definition) is 2. The number of nitrogens with zero attached hydrogens (tertiary/aromatic N) is 1. The smallest absolute Gasteiger partial charge is 0.0908 e. The molecule has 0 atom stereocenters. The van der Waals surface area contributed by atoms with Crippen LogP contribution >= 0.6 is 11.3 Å². The second-order valence-corrected chi connectivity index (χ2v) is 5.41. The van der Waals surface area contributed by atoms with Gasteiger partial charge >= 0.3 is 0 Å². The van der Waals surface area contributed by atoms with Crippen molar-refractivity contribution in [3.05, 3.63) is 40.4 Å². The van der Waals surface area contributed by atoms with Gasteiger partial charge in [0.2, 0.25) is 0 Å². The maximum absolute atomic E-state index is 4.64. The van der Waals surface area contributed by atoms with Crippen molar-refractivity contribution < 1.29 is 0 Å². The minimum atomic E-state index is 1.15. The average molecular weight is 227 g/mol. The van der Waals surface area contributed by atoms with E-state index in [0.717, 1.165) is 5.01 Å². The molecule has 0 aliphatic rings. The normalized spacial score (nSPS) is 11.4. The summed E-state index contributed by atoms with van der Waals surface area (Å²) in [5.74, 6) is 0. The first-order chi connectivity index (χ1) is 7.68. The van der Waals surface area contributed by atoms with Gasteiger partial charge in [-0.05, 0) is 42.7 Å². The Kier molecular flexibility index (Phi) is 2.01. The molecule has 2 aromatic carbocycles. The molecule has 1 heterocycles. The summed E-state index contributed by atoms with van der Waals surface area (Å²) in [7, 11) is 0. The second-order valence-electron chi connectivity index (χ2n) is 4.21. The van der Waals surface area contributed by atoms with E-state index in [2.05, 4.69) is 50.0 Å². The standard InChI is InChI=1S/C14H13NS/c1-8-11-6-4-5-7-12(11)9(2)14-13(8)15-10(3)16-14/h4-7H,1-3H3. The van der Waals surface area contributed by atoms with Crippen molar-refractivity contribution in [3.8, 4) is 0 Å². The van der Waals surface area contributed by atoms with Crippen molar-refractivity contribution in [1.29, 1.82) is 0 Å². The van der Waals surface area contributed by atoms with E-state index in [1.807, 2.05) is 0 Å². The van der Waals surface area contributed by atoms with Gasteiger partial charge in [-0.3, -0.25) is 0 Å². The van der Waals surface area contributed by atoms with Crippen LogP contribution in [0.5, 0.6) is 0 Å². The molecular formula is C14H13NS. The topological polar surface area (TPSA) is 12.9 Å². The van der Waals surface area contributed by atoms with Crippen LogP contribution in [0.15, 0.2) is 24.3 Å². The van der Waals surface area contributed by atoms with Gasteiger partial charge in [0.1, 0.15) is 0 Å². The van der Waals surface area contributed by atoms with E-state index in [-0.39, 0.29) is 0 Å². The van der Waals surface area contributed by atoms with E-state index in [0.29, 0.717) is 0 Å². The maximum Gasteiger partial charge on any atom is 0.0908 e. The molecule has 0 bridgehead atoms. The zero-order valence-corrected chi connectivity index (χ0v) is 10.5. The van der Waals surface area contributed by atoms with Crippen LogP contribution < -0.4 is 0 Å². The summed E-state index contributed by atoms with van der Waals surface area (Å²) in [6, 6.07) is 8.59. The molecule has 0 aliphatic heterocycles. The van der Waals surface area contributed by atoms with E-state index in [9.17, 15) is 0 Å². The summed E-state index contributed by atoms with van der Waals surface area (Å²) < 4.78 is 1.34. The van der Waals surface area contributed by atoms with Gasteiger partial charge in [-0.1, -0.05) is 24.3 Å². The van der Waals surface area contributed by atoms with E-state index in [4.69, 9.17) is 0 Å². The average Bonchev–Trinajstić information content (AvgIpc) is 2.68. The fourth-order valence-electron chi connectivity index (χ4n) is 2.32. The maximum atomic E-state index is 4.64. The van der Waals surface area contributed by atoms with Gasteiger partial charge in [-0.15, -0.1) is 11.3 Å². The molecule has 0 saturated heterocycles. The van der Waals surface area contributed by atoms with E-state index in [1.165, 1.54) is 32.1 Å². The Balaban J connectivity index is 2.65. The molecule has 0 unspecified atom stereocenters. The Morgan fingerprint density at radius 3 is 2.25 bits per heavy atom. The number of aromatic nitrogens is 1. The van der Waals surface area contributed by atoms with Gasteiger partial charge in [0, 0.05) is 0 Å². The van der Waals surface area contributed by atoms with Gasteiger partial charge in [0.05, 0.1) is 15.2 Å². The monoisotopic (exact) mass is 227 g/mol. The lowest BCUT2D eigenvalue weighted by Gasteiger charge is -2.06. The molecule has 16 heavy (non-hydrogen) atoms. The van der Waals surface area contributed by atoms with Gasteiger partial charge in [0.25, 0.3) is 0 Å². The minimum Gasteiger partial charge on any atom is -0.241 e. The molecule has 0 saturated carbocycles. The number of aryl methyl sites for hydroxylation is 3. The van der Waals surface area contributed by atoms with Crippen LogP contribution in [0.1, 0.15) is 16.1 Å². The van der Waals surface area contributed by atoms with Crippen molar-refractivity contribution in [3.63, 3.8) is 0 Å². The van der Waals surface area contributed by atoms with E-state index in [1.54, 1.807) is 11.3 Å². The summed E-state index contributed by atoms with van der Waals surface area (Å²) in [6.45, 7) is 6.44. The molecule has 3 aromatic rings. The summed E-state index contributed by atoms with van der Waals surface area (Å²) in [4.78, 5) is 4.64. The SMILES string of the molecule is Cc1nc2c(C)c3ccccc3c(C)c2s1. The highest BCUT2D eigenvalue weighted by molar-refractivity contribution is 7.18. The number of fused-ring (bicyclic) bond motifs is 2. The molecular weight excluding hydrogens is 214 g/mol. The van der Waals surface area contributed by atoms with Crippen LogP contribution in [0.3, 0.4) is 0 Å². The molecule has 2 heteroatoms. The molecule has 0 radical (unpaired) electrons. The Morgan fingerprint density at radius 1 is 0.938 bits per heavy atom. The number of hydrogen-bond donors (Lipinski definition) is 0. The zero-order valence-electron chi connectivity index (χ0n) is 9.66. The second kappa shape index (κ2) is 3.29. The Labute approximate surface area is 98.7 Å². The fourth-order valence-corrected chi connectivity index (χ4v) is 3.31. The van der Waals surface area contributed by atoms with Gasteiger partial charge < -0.3 is 0 Å². The minimum absolute atomic E-state index is 1.15. The summed E-state index contributed by atoms with van der Waals surface area (Å²) in [5, 5.41) is 3.84. The van der Waals surface area contributed by atoms with Gasteiger partial charge in [-0.2, -0.15) is 0 Å². The lowest BCUT2D eigenvalue weighted by molar-refractivity contribution is 1.33. The van der Waals surface area contributed by atoms with Crippen molar-refractivity contribution in [2.75, 3.05) is 0 Å². The van der Waals surface area contributed by atoms with Crippen molar-refractivity contribution in [1.82, 2.24) is 4.98 Å². The van der Waals surface area contributed by atoms with E-state index >= 15 is 0 Å². The highest BCUT2D eigenvalue weighted by Gasteiger charge is 2.11. The van der Waals surface area contributed by atoms with Crippen LogP contribution in [-0.2, 0) is 0 Å². The summed E-state index contributed by atoms with van der Waals surface area (Å²) in [6.07, 6.45) is 0. The quantitative estimate of drug-likeness (QED) is 0.555. The molecule has 1 nitrogen and oxygen atoms in total. The van der Waals surface area contributed by atoms with Crippen LogP contribution in [0.4, 0.5) is 0 Å². The molecule has 0 N–H and O–H groups in total. The number of rotatable bonds is 0. The third-order valence-electron chi connectivity index (χ3n) is 3.16. The van der Waals surface area contributed by atoms with Crippen molar-refractivity contribution in [2.24, 2.45) is 0 Å². The molecule has 0 spiro atoms. The van der Waals surface area contributed by atoms with Gasteiger partial charge in [-0.25, -0.2) is 4.98 Å². The molecule has 80 valence electrons. The lowest BCUT2D eigenvalue weighted by Crippen LogP contribution is -1.85. The molecule has 0 amide bonds. The third-order valence-corrected chi connectivity index (χ3v) is 4.26. The highest BCUT2D eigenvalue weighted by atomic mass is 32.1. The molecule has 0 fully saturated rings. The first kappa shape index (κ1) is 9.79. The Bertz CT molecular complexity index is 636. The number of thiazole rings is 1. The molecule has 3 rings (SSSR count). The first-order valence-electron chi connectivity index (χ1n) is 5.43. The third kappa shape index (κ3) is 1.20. The Morgan fingerprint density at radius 2 is 1.56 bits per heavy atom. The summed E-state index contributed by atoms with van der Waals surface area (Å²) in [5.41, 5.74) is 3.85. The van der Waals surface area contributed by atoms with Crippen molar-refractivity contribution >= 4 is 32.3 Å². The zero-order chi connectivity index (χ0) is 11.3. The number of benzene rings is 2. The molecule has 1 aromatic heterocycles. The van der Waals surface area contributed by atoms with Crippen LogP contribution in [0, 0.1) is 20.8 Å². The highest BCUT2D eigenvalue weighted by Crippen LogP contribution is 2.34. The Hall–Kier alpha value is -1.41.